The monoisotopic (exact) mass is 353 g/mol. The Morgan fingerprint density at radius 1 is 1.27 bits per heavy atom. The fourth-order valence-corrected chi connectivity index (χ4v) is 4.36. The predicted octanol–water partition coefficient (Wildman–Crippen LogP) is 3.83. The summed E-state index contributed by atoms with van der Waals surface area (Å²) >= 11 is 0. The van der Waals surface area contributed by atoms with E-state index in [2.05, 4.69) is 32.3 Å². The number of carboxylic acid groups (broad SMARTS) is 1. The lowest BCUT2D eigenvalue weighted by Gasteiger charge is -2.48. The van der Waals surface area contributed by atoms with Crippen molar-refractivity contribution >= 4 is 22.6 Å². The Bertz CT molecular complexity index is 1020. The number of rotatable bonds is 2. The van der Waals surface area contributed by atoms with E-state index in [1.165, 1.54) is 11.6 Å². The molecular weight excluding hydrogens is 330 g/mol. The van der Waals surface area contributed by atoms with Crippen molar-refractivity contribution in [1.29, 1.82) is 0 Å². The van der Waals surface area contributed by atoms with Crippen LogP contribution in [0.1, 0.15) is 55.1 Å². The fraction of sp³-hybridized carbons (Fsp3) is 0.429. The molecule has 0 spiro atoms. The summed E-state index contributed by atoms with van der Waals surface area (Å²) in [6.45, 7) is 12.5. The third kappa shape index (κ3) is 2.16. The Morgan fingerprint density at radius 2 is 1.96 bits per heavy atom. The van der Waals surface area contributed by atoms with E-state index in [0.29, 0.717) is 11.0 Å². The molecule has 2 aromatic rings. The van der Waals surface area contributed by atoms with Crippen LogP contribution in [-0.2, 0) is 10.8 Å². The minimum Gasteiger partial charge on any atom is -0.477 e. The molecule has 1 atom stereocenters. The highest BCUT2D eigenvalue weighted by Gasteiger charge is 2.42. The van der Waals surface area contributed by atoms with Crippen molar-refractivity contribution in [2.24, 2.45) is 0 Å². The maximum absolute atomic E-state index is 12.3. The van der Waals surface area contributed by atoms with Gasteiger partial charge in [0.25, 0.3) is 0 Å². The lowest BCUT2D eigenvalue weighted by molar-refractivity contribution is 0.0692. The summed E-state index contributed by atoms with van der Waals surface area (Å²) in [5.74, 6) is -1.26. The van der Waals surface area contributed by atoms with E-state index in [4.69, 9.17) is 4.42 Å². The van der Waals surface area contributed by atoms with Crippen LogP contribution >= 0.6 is 0 Å². The highest BCUT2D eigenvalue weighted by atomic mass is 16.4. The topological polar surface area (TPSA) is 70.8 Å². The molecule has 26 heavy (non-hydrogen) atoms. The summed E-state index contributed by atoms with van der Waals surface area (Å²) in [5.41, 5.74) is 2.28. The van der Waals surface area contributed by atoms with Crippen molar-refractivity contribution in [3.8, 4) is 0 Å². The predicted molar refractivity (Wildman–Crippen MR) is 101 cm³/mol. The average Bonchev–Trinajstić information content (AvgIpc) is 2.58. The lowest BCUT2D eigenvalue weighted by atomic mass is 9.68. The number of anilines is 1. The number of hydrogen-bond donors (Lipinski definition) is 1. The van der Waals surface area contributed by atoms with Crippen molar-refractivity contribution in [1.82, 2.24) is 0 Å². The third-order valence-electron chi connectivity index (χ3n) is 6.20. The van der Waals surface area contributed by atoms with E-state index in [1.807, 2.05) is 12.1 Å². The Balaban J connectivity index is 2.20. The van der Waals surface area contributed by atoms with Gasteiger partial charge < -0.3 is 14.4 Å². The zero-order chi connectivity index (χ0) is 18.9. The van der Waals surface area contributed by atoms with Gasteiger partial charge >= 0.3 is 11.6 Å². The molecule has 0 saturated carbocycles. The minimum atomic E-state index is -1.26. The quantitative estimate of drug-likeness (QED) is 0.656. The summed E-state index contributed by atoms with van der Waals surface area (Å²) in [5, 5.41) is 9.98. The van der Waals surface area contributed by atoms with Gasteiger partial charge in [0.15, 0.2) is 0 Å². The number of fused-ring (bicyclic) bond motifs is 2. The summed E-state index contributed by atoms with van der Waals surface area (Å²) in [7, 11) is 0. The van der Waals surface area contributed by atoms with Gasteiger partial charge in [0.2, 0.25) is 0 Å². The second kappa shape index (κ2) is 5.22. The lowest BCUT2D eigenvalue weighted by Crippen LogP contribution is -2.45. The van der Waals surface area contributed by atoms with E-state index >= 15 is 0 Å². The van der Waals surface area contributed by atoms with Crippen molar-refractivity contribution < 1.29 is 14.3 Å². The Hall–Kier alpha value is -2.56. The van der Waals surface area contributed by atoms with Gasteiger partial charge in [0.1, 0.15) is 11.1 Å². The first-order valence-electron chi connectivity index (χ1n) is 8.95. The number of aromatic carboxylic acids is 1. The highest BCUT2D eigenvalue weighted by Crippen LogP contribution is 2.52. The molecule has 3 heterocycles. The van der Waals surface area contributed by atoms with Gasteiger partial charge in [-0.1, -0.05) is 26.8 Å². The molecule has 0 radical (unpaired) electrons. The van der Waals surface area contributed by atoms with Crippen molar-refractivity contribution in [2.75, 3.05) is 18.0 Å². The summed E-state index contributed by atoms with van der Waals surface area (Å²) in [6, 6.07) is 3.46. The van der Waals surface area contributed by atoms with Crippen molar-refractivity contribution in [3.05, 3.63) is 51.9 Å². The summed E-state index contributed by atoms with van der Waals surface area (Å²) < 4.78 is 5.58. The molecule has 0 fully saturated rings. The van der Waals surface area contributed by atoms with Gasteiger partial charge in [-0.3, -0.25) is 0 Å². The van der Waals surface area contributed by atoms with Crippen LogP contribution in [0.4, 0.5) is 5.69 Å². The fourth-order valence-electron chi connectivity index (χ4n) is 4.36. The SMILES string of the molecule is C=CC1(C)CCN2CCC(C)(C)c3cc4cc(C(=O)O)c(=O)oc4c1c32. The van der Waals surface area contributed by atoms with E-state index in [0.717, 1.165) is 37.2 Å². The van der Waals surface area contributed by atoms with Crippen LogP contribution in [0.25, 0.3) is 11.0 Å². The highest BCUT2D eigenvalue weighted by molar-refractivity contribution is 5.96. The number of hydrogen-bond acceptors (Lipinski definition) is 4. The molecule has 4 rings (SSSR count). The molecule has 1 aromatic heterocycles. The van der Waals surface area contributed by atoms with E-state index < -0.39 is 11.6 Å². The standard InChI is InChI=1S/C21H23NO4/c1-5-21(4)7-9-22-8-6-20(2,3)14-11-12-10-13(18(23)24)19(25)26-17(12)15(21)16(14)22/h5,10-11H,1,6-9H2,2-4H3,(H,23,24). The molecule has 5 nitrogen and oxygen atoms in total. The van der Waals surface area contributed by atoms with Gasteiger partial charge in [0.05, 0.1) is 0 Å². The zero-order valence-electron chi connectivity index (χ0n) is 15.4. The van der Waals surface area contributed by atoms with Crippen LogP contribution in [0, 0.1) is 0 Å². The molecule has 2 aliphatic rings. The minimum absolute atomic E-state index is 0.0340. The molecular formula is C21H23NO4. The van der Waals surface area contributed by atoms with E-state index in [9.17, 15) is 14.7 Å². The Labute approximate surface area is 151 Å². The number of nitrogens with zero attached hydrogens (tertiary/aromatic N) is 1. The number of benzene rings is 1. The van der Waals surface area contributed by atoms with Gasteiger partial charge in [-0.05, 0) is 36.0 Å². The van der Waals surface area contributed by atoms with Gasteiger partial charge in [-0.25, -0.2) is 9.59 Å². The largest absolute Gasteiger partial charge is 0.477 e. The van der Waals surface area contributed by atoms with Crippen LogP contribution in [-0.4, -0.2) is 24.2 Å². The molecule has 1 N–H and O–H groups in total. The van der Waals surface area contributed by atoms with Gasteiger partial charge in [-0.2, -0.15) is 0 Å². The molecule has 5 heteroatoms. The Morgan fingerprint density at radius 3 is 2.62 bits per heavy atom. The van der Waals surface area contributed by atoms with Crippen LogP contribution in [0.5, 0.6) is 0 Å². The van der Waals surface area contributed by atoms with E-state index in [1.54, 1.807) is 0 Å². The molecule has 1 unspecified atom stereocenters. The smallest absolute Gasteiger partial charge is 0.351 e. The molecule has 0 saturated heterocycles. The average molecular weight is 353 g/mol. The third-order valence-corrected chi connectivity index (χ3v) is 6.20. The molecule has 1 aromatic carbocycles. The van der Waals surface area contributed by atoms with Crippen LogP contribution in [0.2, 0.25) is 0 Å². The van der Waals surface area contributed by atoms with Crippen molar-refractivity contribution in [3.63, 3.8) is 0 Å². The second-order valence-electron chi connectivity index (χ2n) is 8.31. The van der Waals surface area contributed by atoms with Crippen molar-refractivity contribution in [2.45, 2.75) is 44.4 Å². The molecule has 136 valence electrons. The molecule has 0 aliphatic carbocycles. The maximum Gasteiger partial charge on any atom is 0.351 e. The first kappa shape index (κ1) is 16.9. The Kier molecular flexibility index (Phi) is 3.39. The first-order chi connectivity index (χ1) is 12.2. The zero-order valence-corrected chi connectivity index (χ0v) is 15.4. The number of carbonyl (C=O) groups is 1. The summed E-state index contributed by atoms with van der Waals surface area (Å²) in [4.78, 5) is 26.0. The van der Waals surface area contributed by atoms with Crippen LogP contribution < -0.4 is 10.5 Å². The summed E-state index contributed by atoms with van der Waals surface area (Å²) in [6.07, 6.45) is 3.83. The van der Waals surface area contributed by atoms with E-state index in [-0.39, 0.29) is 16.4 Å². The number of allylic oxidation sites excluding steroid dienone is 1. The maximum atomic E-state index is 12.3. The molecule has 2 aliphatic heterocycles. The number of carboxylic acids is 1. The normalized spacial score (nSPS) is 23.6. The second-order valence-corrected chi connectivity index (χ2v) is 8.31. The van der Waals surface area contributed by atoms with Gasteiger partial charge in [-0.15, -0.1) is 6.58 Å². The first-order valence-corrected chi connectivity index (χ1v) is 8.95. The van der Waals surface area contributed by atoms with Crippen LogP contribution in [0.3, 0.4) is 0 Å². The molecule has 0 amide bonds. The van der Waals surface area contributed by atoms with Gasteiger partial charge in [0, 0.05) is 35.1 Å². The molecule has 0 bridgehead atoms. The van der Waals surface area contributed by atoms with Crippen LogP contribution in [0.15, 0.2) is 34.0 Å².